The summed E-state index contributed by atoms with van der Waals surface area (Å²) in [5, 5.41) is 1.08. The summed E-state index contributed by atoms with van der Waals surface area (Å²) >= 11 is 12.7. The molecule has 5 nitrogen and oxygen atoms in total. The maximum Gasteiger partial charge on any atom is 0.338 e. The zero-order chi connectivity index (χ0) is 33.8. The molecule has 0 atom stereocenters. The summed E-state index contributed by atoms with van der Waals surface area (Å²) in [6.45, 7) is 8.72. The van der Waals surface area contributed by atoms with E-state index < -0.39 is 0 Å². The van der Waals surface area contributed by atoms with Gasteiger partial charge < -0.3 is 14.0 Å². The van der Waals surface area contributed by atoms with Crippen molar-refractivity contribution in [1.82, 2.24) is 9.55 Å². The van der Waals surface area contributed by atoms with Gasteiger partial charge in [-0.15, -0.1) is 0 Å². The maximum absolute atomic E-state index is 12.2. The van der Waals surface area contributed by atoms with E-state index in [-0.39, 0.29) is 11.4 Å². The Morgan fingerprint density at radius 3 is 1.96 bits per heavy atom. The minimum absolute atomic E-state index is 0.101. The summed E-state index contributed by atoms with van der Waals surface area (Å²) in [7, 11) is 0. The summed E-state index contributed by atoms with van der Waals surface area (Å²) in [6.07, 6.45) is 2.53. The van der Waals surface area contributed by atoms with Gasteiger partial charge >= 0.3 is 5.97 Å². The van der Waals surface area contributed by atoms with E-state index in [1.54, 1.807) is 31.2 Å². The van der Waals surface area contributed by atoms with Gasteiger partial charge in [0, 0.05) is 28.9 Å². The SMILES string of the molecule is CCOC(=O)c1ccc(-n2cc(-c3ccc(Cl)cc3Cl)nc2Cc2ccc(-c3ccc(Oc4ccc(C(C)(C)C)cc4)cc3)cc2)cc1. The highest BCUT2D eigenvalue weighted by Crippen LogP contribution is 2.32. The topological polar surface area (TPSA) is 53.4 Å². The number of aromatic nitrogens is 2. The van der Waals surface area contributed by atoms with Crippen LogP contribution in [-0.2, 0) is 16.6 Å². The lowest BCUT2D eigenvalue weighted by molar-refractivity contribution is 0.0526. The van der Waals surface area contributed by atoms with Gasteiger partial charge in [0.05, 0.1) is 22.9 Å². The molecule has 0 amide bonds. The summed E-state index contributed by atoms with van der Waals surface area (Å²) in [5.74, 6) is 2.08. The van der Waals surface area contributed by atoms with Crippen LogP contribution in [-0.4, -0.2) is 22.1 Å². The van der Waals surface area contributed by atoms with Crippen molar-refractivity contribution in [3.63, 3.8) is 0 Å². The van der Waals surface area contributed by atoms with Gasteiger partial charge in [-0.3, -0.25) is 0 Å². The maximum atomic E-state index is 12.2. The number of ether oxygens (including phenoxy) is 2. The van der Waals surface area contributed by atoms with E-state index in [9.17, 15) is 4.79 Å². The van der Waals surface area contributed by atoms with Crippen LogP contribution in [0.15, 0.2) is 121 Å². The summed E-state index contributed by atoms with van der Waals surface area (Å²) in [6, 6.07) is 37.6. The van der Waals surface area contributed by atoms with E-state index >= 15 is 0 Å². The normalized spacial score (nSPS) is 11.4. The van der Waals surface area contributed by atoms with Crippen LogP contribution >= 0.6 is 23.2 Å². The largest absolute Gasteiger partial charge is 0.462 e. The second-order valence-corrected chi connectivity index (χ2v) is 13.4. The molecule has 0 saturated carbocycles. The highest BCUT2D eigenvalue weighted by atomic mass is 35.5. The highest BCUT2D eigenvalue weighted by Gasteiger charge is 2.16. The van der Waals surface area contributed by atoms with E-state index in [0.29, 0.717) is 28.6 Å². The predicted octanol–water partition coefficient (Wildman–Crippen LogP) is 11.4. The monoisotopic (exact) mass is 674 g/mol. The Hall–Kier alpha value is -4.84. The van der Waals surface area contributed by atoms with Crippen molar-refractivity contribution in [3.05, 3.63) is 154 Å². The molecule has 0 aliphatic carbocycles. The molecule has 7 heteroatoms. The molecule has 1 aromatic heterocycles. The predicted molar refractivity (Wildman–Crippen MR) is 195 cm³/mol. The van der Waals surface area contributed by atoms with Crippen LogP contribution in [0.1, 0.15) is 55.0 Å². The number of halogens is 2. The van der Waals surface area contributed by atoms with Crippen molar-refractivity contribution in [2.75, 3.05) is 6.61 Å². The van der Waals surface area contributed by atoms with Crippen molar-refractivity contribution >= 4 is 29.2 Å². The molecule has 0 aliphatic heterocycles. The minimum Gasteiger partial charge on any atom is -0.462 e. The molecule has 0 saturated heterocycles. The number of carbonyl (C=O) groups is 1. The molecule has 0 unspecified atom stereocenters. The molecule has 48 heavy (non-hydrogen) atoms. The Morgan fingerprint density at radius 2 is 1.38 bits per heavy atom. The third-order valence-electron chi connectivity index (χ3n) is 8.10. The molecule has 242 valence electrons. The van der Waals surface area contributed by atoms with Crippen molar-refractivity contribution in [3.8, 4) is 39.6 Å². The Bertz CT molecular complexity index is 2030. The number of carbonyl (C=O) groups excluding carboxylic acids is 1. The van der Waals surface area contributed by atoms with Crippen molar-refractivity contribution in [2.24, 2.45) is 0 Å². The van der Waals surface area contributed by atoms with Gasteiger partial charge in [-0.1, -0.05) is 92.5 Å². The molecule has 6 rings (SSSR count). The molecule has 6 aromatic rings. The summed E-state index contributed by atoms with van der Waals surface area (Å²) < 4.78 is 13.3. The van der Waals surface area contributed by atoms with Gasteiger partial charge in [-0.05, 0) is 101 Å². The number of esters is 1. The van der Waals surface area contributed by atoms with Crippen molar-refractivity contribution in [1.29, 1.82) is 0 Å². The van der Waals surface area contributed by atoms with Gasteiger partial charge in [0.25, 0.3) is 0 Å². The van der Waals surface area contributed by atoms with Crippen molar-refractivity contribution < 1.29 is 14.3 Å². The number of rotatable bonds is 9. The average Bonchev–Trinajstić information content (AvgIpc) is 3.48. The molecule has 0 fully saturated rings. The van der Waals surface area contributed by atoms with Crippen LogP contribution in [0.25, 0.3) is 28.1 Å². The van der Waals surface area contributed by atoms with E-state index in [4.69, 9.17) is 37.7 Å². The number of hydrogen-bond donors (Lipinski definition) is 0. The van der Waals surface area contributed by atoms with Crippen LogP contribution in [0.5, 0.6) is 11.5 Å². The number of hydrogen-bond acceptors (Lipinski definition) is 4. The second kappa shape index (κ2) is 14.1. The average molecular weight is 676 g/mol. The second-order valence-electron chi connectivity index (χ2n) is 12.6. The van der Waals surface area contributed by atoms with E-state index in [1.807, 2.05) is 53.2 Å². The van der Waals surface area contributed by atoms with Gasteiger partial charge in [0.2, 0.25) is 0 Å². The molecular formula is C41H36Cl2N2O3. The molecule has 1 heterocycles. The van der Waals surface area contributed by atoms with Gasteiger partial charge in [0.15, 0.2) is 0 Å². The summed E-state index contributed by atoms with van der Waals surface area (Å²) in [4.78, 5) is 17.2. The van der Waals surface area contributed by atoms with Crippen LogP contribution in [0.4, 0.5) is 0 Å². The fourth-order valence-corrected chi connectivity index (χ4v) is 5.94. The Labute approximate surface area is 291 Å². The van der Waals surface area contributed by atoms with Crippen LogP contribution < -0.4 is 4.74 Å². The summed E-state index contributed by atoms with van der Waals surface area (Å²) in [5.41, 5.74) is 7.55. The first kappa shape index (κ1) is 33.1. The van der Waals surface area contributed by atoms with Crippen LogP contribution in [0, 0.1) is 0 Å². The lowest BCUT2D eigenvalue weighted by Crippen LogP contribution is -2.10. The molecule has 0 spiro atoms. The van der Waals surface area contributed by atoms with E-state index in [1.165, 1.54) is 5.56 Å². The highest BCUT2D eigenvalue weighted by molar-refractivity contribution is 6.36. The van der Waals surface area contributed by atoms with Crippen molar-refractivity contribution in [2.45, 2.75) is 39.5 Å². The molecule has 0 N–H and O–H groups in total. The zero-order valence-electron chi connectivity index (χ0n) is 27.3. The Kier molecular flexibility index (Phi) is 9.72. The van der Waals surface area contributed by atoms with Gasteiger partial charge in [0.1, 0.15) is 17.3 Å². The zero-order valence-corrected chi connectivity index (χ0v) is 28.8. The minimum atomic E-state index is -0.350. The first-order valence-corrected chi connectivity index (χ1v) is 16.6. The third kappa shape index (κ3) is 7.65. The van der Waals surface area contributed by atoms with E-state index in [2.05, 4.69) is 69.3 Å². The quantitative estimate of drug-likeness (QED) is 0.143. The molecule has 5 aromatic carbocycles. The van der Waals surface area contributed by atoms with E-state index in [0.717, 1.165) is 51.0 Å². The molecular weight excluding hydrogens is 639 g/mol. The smallest absolute Gasteiger partial charge is 0.338 e. The third-order valence-corrected chi connectivity index (χ3v) is 8.65. The standard InChI is InChI=1S/C41H36Cl2N2O3/c1-5-47-40(46)30-10-17-33(18-11-30)45-26-38(36-23-16-32(42)25-37(36)43)44-39(45)24-27-6-8-28(9-7-27)29-12-19-34(20-13-29)48-35-21-14-31(15-22-35)41(2,3)4/h6-23,25-26H,5,24H2,1-4H3. The first-order chi connectivity index (χ1) is 23.1. The van der Waals surface area contributed by atoms with Crippen LogP contribution in [0.3, 0.4) is 0 Å². The van der Waals surface area contributed by atoms with Crippen LogP contribution in [0.2, 0.25) is 10.0 Å². The van der Waals surface area contributed by atoms with Gasteiger partial charge in [-0.2, -0.15) is 0 Å². The Morgan fingerprint density at radius 1 is 0.771 bits per heavy atom. The fourth-order valence-electron chi connectivity index (χ4n) is 5.44. The first-order valence-electron chi connectivity index (χ1n) is 15.9. The lowest BCUT2D eigenvalue weighted by Gasteiger charge is -2.19. The lowest BCUT2D eigenvalue weighted by atomic mass is 9.87. The number of nitrogens with zero attached hydrogens (tertiary/aromatic N) is 2. The number of benzene rings is 5. The number of imidazole rings is 1. The molecule has 0 radical (unpaired) electrons. The molecule has 0 aliphatic rings. The fraction of sp³-hybridized carbons (Fsp3) is 0.171. The molecule has 0 bridgehead atoms. The Balaban J connectivity index is 1.22. The van der Waals surface area contributed by atoms with Gasteiger partial charge in [-0.25, -0.2) is 9.78 Å².